The maximum absolute atomic E-state index is 9.94. The van der Waals surface area contributed by atoms with Crippen LogP contribution in [0.2, 0.25) is 0 Å². The minimum Gasteiger partial charge on any atom is -0.497 e. The summed E-state index contributed by atoms with van der Waals surface area (Å²) in [6.45, 7) is 6.22. The molecule has 0 fully saturated rings. The number of hydrogen-bond donors (Lipinski definition) is 1. The van der Waals surface area contributed by atoms with Crippen molar-refractivity contribution in [2.24, 2.45) is 5.41 Å². The Hall–Kier alpha value is -1.02. The van der Waals surface area contributed by atoms with Gasteiger partial charge in [0.25, 0.3) is 0 Å². The maximum Gasteiger partial charge on any atom is 0.119 e. The van der Waals surface area contributed by atoms with Crippen LogP contribution in [0.3, 0.4) is 0 Å². The number of aliphatic hydroxyl groups is 1. The predicted octanol–water partition coefficient (Wildman–Crippen LogP) is 3.42. The lowest BCUT2D eigenvalue weighted by Crippen LogP contribution is -2.25. The van der Waals surface area contributed by atoms with Gasteiger partial charge in [0.15, 0.2) is 0 Å². The van der Waals surface area contributed by atoms with E-state index < -0.39 is 0 Å². The predicted molar refractivity (Wildman–Crippen MR) is 71.4 cm³/mol. The first-order chi connectivity index (χ1) is 7.93. The van der Waals surface area contributed by atoms with Crippen molar-refractivity contribution in [3.05, 3.63) is 29.8 Å². The summed E-state index contributed by atoms with van der Waals surface area (Å²) >= 11 is 0. The number of aryl methyl sites for hydroxylation is 1. The topological polar surface area (TPSA) is 29.5 Å². The number of methoxy groups -OCH3 is 1. The largest absolute Gasteiger partial charge is 0.497 e. The van der Waals surface area contributed by atoms with E-state index in [1.807, 2.05) is 12.1 Å². The monoisotopic (exact) mass is 236 g/mol. The second-order valence-electron chi connectivity index (χ2n) is 5.63. The number of benzene rings is 1. The van der Waals surface area contributed by atoms with Gasteiger partial charge in [-0.25, -0.2) is 0 Å². The molecule has 0 saturated carbocycles. The third-order valence-corrected chi connectivity index (χ3v) is 3.08. The molecule has 0 spiro atoms. The zero-order valence-electron chi connectivity index (χ0n) is 11.4. The Bertz CT molecular complexity index is 339. The molecule has 0 aliphatic heterocycles. The van der Waals surface area contributed by atoms with Gasteiger partial charge in [-0.05, 0) is 42.4 Å². The first-order valence-corrected chi connectivity index (χ1v) is 6.24. The second-order valence-corrected chi connectivity index (χ2v) is 5.63. The van der Waals surface area contributed by atoms with Crippen LogP contribution >= 0.6 is 0 Å². The summed E-state index contributed by atoms with van der Waals surface area (Å²) in [5.41, 5.74) is 1.25. The Kier molecular flexibility index (Phi) is 5.01. The van der Waals surface area contributed by atoms with Gasteiger partial charge in [0.05, 0.1) is 13.2 Å². The van der Waals surface area contributed by atoms with Crippen LogP contribution in [0, 0.1) is 5.41 Å². The van der Waals surface area contributed by atoms with Crippen LogP contribution in [0.4, 0.5) is 0 Å². The maximum atomic E-state index is 9.94. The zero-order chi connectivity index (χ0) is 12.9. The van der Waals surface area contributed by atoms with E-state index in [1.165, 1.54) is 5.56 Å². The third-order valence-electron chi connectivity index (χ3n) is 3.08. The summed E-state index contributed by atoms with van der Waals surface area (Å²) in [7, 11) is 1.68. The fourth-order valence-corrected chi connectivity index (χ4v) is 1.76. The standard InChI is InChI=1S/C15H24O2/c1-15(2,3)14(16)10-6-8-12-7-5-9-13(11-12)17-4/h5,7,9,11,14,16H,6,8,10H2,1-4H3. The third kappa shape index (κ3) is 4.78. The van der Waals surface area contributed by atoms with Crippen LogP contribution in [0.1, 0.15) is 39.2 Å². The summed E-state index contributed by atoms with van der Waals surface area (Å²) in [6.07, 6.45) is 2.62. The summed E-state index contributed by atoms with van der Waals surface area (Å²) in [4.78, 5) is 0. The summed E-state index contributed by atoms with van der Waals surface area (Å²) in [5.74, 6) is 0.902. The molecule has 1 rings (SSSR count). The SMILES string of the molecule is COc1cccc(CCCC(O)C(C)(C)C)c1. The van der Waals surface area contributed by atoms with Crippen molar-refractivity contribution >= 4 is 0 Å². The molecule has 1 N–H and O–H groups in total. The summed E-state index contributed by atoms with van der Waals surface area (Å²) < 4.78 is 5.19. The van der Waals surface area contributed by atoms with E-state index in [1.54, 1.807) is 7.11 Å². The zero-order valence-corrected chi connectivity index (χ0v) is 11.4. The first-order valence-electron chi connectivity index (χ1n) is 6.24. The van der Waals surface area contributed by atoms with Gasteiger partial charge in [-0.1, -0.05) is 32.9 Å². The van der Waals surface area contributed by atoms with Crippen LogP contribution in [0.15, 0.2) is 24.3 Å². The molecule has 0 heterocycles. The molecule has 96 valence electrons. The lowest BCUT2D eigenvalue weighted by Gasteiger charge is -2.25. The van der Waals surface area contributed by atoms with Gasteiger partial charge in [-0.3, -0.25) is 0 Å². The van der Waals surface area contributed by atoms with Crippen LogP contribution in [-0.4, -0.2) is 18.3 Å². The van der Waals surface area contributed by atoms with E-state index >= 15 is 0 Å². The van der Waals surface area contributed by atoms with Crippen molar-refractivity contribution in [3.63, 3.8) is 0 Å². The normalized spacial score (nSPS) is 13.5. The minimum absolute atomic E-state index is 0.0195. The lowest BCUT2D eigenvalue weighted by atomic mass is 9.86. The van der Waals surface area contributed by atoms with Gasteiger partial charge in [0.1, 0.15) is 5.75 Å². The molecule has 0 saturated heterocycles. The van der Waals surface area contributed by atoms with E-state index in [0.29, 0.717) is 0 Å². The van der Waals surface area contributed by atoms with Crippen molar-refractivity contribution in [1.82, 2.24) is 0 Å². The van der Waals surface area contributed by atoms with Gasteiger partial charge < -0.3 is 9.84 Å². The molecule has 1 aromatic carbocycles. The van der Waals surface area contributed by atoms with Crippen LogP contribution in [0.25, 0.3) is 0 Å². The van der Waals surface area contributed by atoms with E-state index in [4.69, 9.17) is 4.74 Å². The molecule has 0 amide bonds. The summed E-state index contributed by atoms with van der Waals surface area (Å²) in [5, 5.41) is 9.94. The highest BCUT2D eigenvalue weighted by molar-refractivity contribution is 5.28. The average Bonchev–Trinajstić information content (AvgIpc) is 2.28. The van der Waals surface area contributed by atoms with Crippen molar-refractivity contribution < 1.29 is 9.84 Å². The molecular weight excluding hydrogens is 212 g/mol. The van der Waals surface area contributed by atoms with Crippen molar-refractivity contribution in [2.75, 3.05) is 7.11 Å². The van der Waals surface area contributed by atoms with Gasteiger partial charge >= 0.3 is 0 Å². The van der Waals surface area contributed by atoms with E-state index in [2.05, 4.69) is 32.9 Å². The molecule has 2 heteroatoms. The molecule has 0 bridgehead atoms. The van der Waals surface area contributed by atoms with Crippen LogP contribution < -0.4 is 4.74 Å². The fourth-order valence-electron chi connectivity index (χ4n) is 1.76. The number of ether oxygens (including phenoxy) is 1. The Morgan fingerprint density at radius 3 is 2.59 bits per heavy atom. The number of aliphatic hydroxyl groups excluding tert-OH is 1. The quantitative estimate of drug-likeness (QED) is 0.848. The van der Waals surface area contributed by atoms with Gasteiger partial charge in [-0.2, -0.15) is 0 Å². The van der Waals surface area contributed by atoms with Crippen LogP contribution in [-0.2, 0) is 6.42 Å². The molecule has 1 atom stereocenters. The number of rotatable bonds is 5. The van der Waals surface area contributed by atoms with E-state index in [-0.39, 0.29) is 11.5 Å². The molecular formula is C15H24O2. The van der Waals surface area contributed by atoms with E-state index in [0.717, 1.165) is 25.0 Å². The van der Waals surface area contributed by atoms with Gasteiger partial charge in [0, 0.05) is 0 Å². The average molecular weight is 236 g/mol. The Morgan fingerprint density at radius 1 is 1.29 bits per heavy atom. The molecule has 1 aromatic rings. The van der Waals surface area contributed by atoms with Crippen LogP contribution in [0.5, 0.6) is 5.75 Å². The fraction of sp³-hybridized carbons (Fsp3) is 0.600. The molecule has 1 unspecified atom stereocenters. The Balaban J connectivity index is 2.40. The first kappa shape index (κ1) is 14.0. The highest BCUT2D eigenvalue weighted by Gasteiger charge is 2.21. The van der Waals surface area contributed by atoms with Gasteiger partial charge in [-0.15, -0.1) is 0 Å². The molecule has 2 nitrogen and oxygen atoms in total. The number of hydrogen-bond acceptors (Lipinski definition) is 2. The highest BCUT2D eigenvalue weighted by atomic mass is 16.5. The molecule has 0 aromatic heterocycles. The smallest absolute Gasteiger partial charge is 0.119 e. The molecule has 0 aliphatic rings. The van der Waals surface area contributed by atoms with Crippen molar-refractivity contribution in [2.45, 2.75) is 46.1 Å². The second kappa shape index (κ2) is 6.06. The Labute approximate surface area is 105 Å². The van der Waals surface area contributed by atoms with Crippen molar-refractivity contribution in [3.8, 4) is 5.75 Å². The lowest BCUT2D eigenvalue weighted by molar-refractivity contribution is 0.0540. The molecule has 17 heavy (non-hydrogen) atoms. The molecule has 0 radical (unpaired) electrons. The minimum atomic E-state index is -0.229. The Morgan fingerprint density at radius 2 is 2.00 bits per heavy atom. The van der Waals surface area contributed by atoms with Gasteiger partial charge in [0.2, 0.25) is 0 Å². The molecule has 0 aliphatic carbocycles. The highest BCUT2D eigenvalue weighted by Crippen LogP contribution is 2.23. The van der Waals surface area contributed by atoms with E-state index in [9.17, 15) is 5.11 Å². The summed E-state index contributed by atoms with van der Waals surface area (Å²) in [6, 6.07) is 8.12. The van der Waals surface area contributed by atoms with Crippen molar-refractivity contribution in [1.29, 1.82) is 0 Å².